The van der Waals surface area contributed by atoms with Crippen molar-refractivity contribution in [2.45, 2.75) is 71.9 Å². The van der Waals surface area contributed by atoms with Gasteiger partial charge in [-0.3, -0.25) is 4.57 Å². The molecule has 4 rings (SSSR count). The topological polar surface area (TPSA) is 94.3 Å². The van der Waals surface area contributed by atoms with Crippen molar-refractivity contribution in [2.75, 3.05) is 0 Å². The third kappa shape index (κ3) is 5.16. The number of nitrogens with one attached hydrogen (secondary N) is 1. The average molecular weight is 460 g/mol. The monoisotopic (exact) mass is 459 g/mol. The molecule has 4 aromatic rings. The summed E-state index contributed by atoms with van der Waals surface area (Å²) in [5.74, 6) is 1.73. The second-order valence-corrected chi connectivity index (χ2v) is 8.81. The van der Waals surface area contributed by atoms with Crippen molar-refractivity contribution >= 4 is 0 Å². The van der Waals surface area contributed by atoms with Gasteiger partial charge in [0.1, 0.15) is 5.82 Å². The predicted molar refractivity (Wildman–Crippen MR) is 133 cm³/mol. The van der Waals surface area contributed by atoms with Crippen molar-refractivity contribution in [3.63, 3.8) is 0 Å². The quantitative estimate of drug-likeness (QED) is 0.317. The van der Waals surface area contributed by atoms with Crippen LogP contribution in [0.1, 0.15) is 70.2 Å². The predicted octanol–water partition coefficient (Wildman–Crippen LogP) is 5.03. The number of unbranched alkanes of at least 4 members (excludes halogenated alkanes) is 3. The first-order valence-corrected chi connectivity index (χ1v) is 12.2. The highest BCUT2D eigenvalue weighted by Gasteiger charge is 2.18. The molecule has 2 aromatic carbocycles. The van der Waals surface area contributed by atoms with Crippen LogP contribution in [0, 0.1) is 0 Å². The number of nitrogens with zero attached hydrogens (tertiary/aromatic N) is 6. The van der Waals surface area contributed by atoms with Crippen LogP contribution in [-0.2, 0) is 13.1 Å². The molecule has 0 bridgehead atoms. The molecule has 1 unspecified atom stereocenters. The fraction of sp³-hybridized carbons (Fsp3) is 0.423. The number of hydrogen-bond acceptors (Lipinski definition) is 5. The number of aryl methyl sites for hydroxylation is 1. The summed E-state index contributed by atoms with van der Waals surface area (Å²) in [4.78, 5) is 13.2. The van der Waals surface area contributed by atoms with E-state index < -0.39 is 0 Å². The molecule has 1 N–H and O–H groups in total. The molecule has 1 atom stereocenters. The zero-order valence-electron chi connectivity index (χ0n) is 20.2. The molecule has 34 heavy (non-hydrogen) atoms. The maximum atomic E-state index is 13.2. The number of aromatic amines is 1. The zero-order valence-corrected chi connectivity index (χ0v) is 20.2. The van der Waals surface area contributed by atoms with Gasteiger partial charge in [-0.05, 0) is 40.0 Å². The highest BCUT2D eigenvalue weighted by molar-refractivity contribution is 5.80. The van der Waals surface area contributed by atoms with E-state index in [0.29, 0.717) is 18.9 Å². The molecule has 0 fully saturated rings. The SMILES string of the molecule is CCCCCCn1nc(C(C)CC)n(Cc2ccc(-c3ccccc3-c3nnn[nH]3)cc2)c1=O. The van der Waals surface area contributed by atoms with Gasteiger partial charge in [0.25, 0.3) is 0 Å². The number of rotatable bonds is 11. The number of tetrazole rings is 1. The minimum atomic E-state index is -0.0148. The van der Waals surface area contributed by atoms with Crippen molar-refractivity contribution in [1.82, 2.24) is 35.0 Å². The molecule has 0 amide bonds. The van der Waals surface area contributed by atoms with E-state index in [1.165, 1.54) is 12.8 Å². The first-order chi connectivity index (χ1) is 16.6. The van der Waals surface area contributed by atoms with E-state index in [1.807, 2.05) is 22.8 Å². The molecule has 2 aromatic heterocycles. The minimum Gasteiger partial charge on any atom is -0.274 e. The molecule has 0 aliphatic heterocycles. The molecule has 0 spiro atoms. The Morgan fingerprint density at radius 1 is 0.971 bits per heavy atom. The van der Waals surface area contributed by atoms with Gasteiger partial charge in [-0.25, -0.2) is 14.6 Å². The van der Waals surface area contributed by atoms with Crippen LogP contribution in [0.3, 0.4) is 0 Å². The molecular weight excluding hydrogens is 426 g/mol. The van der Waals surface area contributed by atoms with Crippen LogP contribution in [0.4, 0.5) is 0 Å². The van der Waals surface area contributed by atoms with E-state index in [-0.39, 0.29) is 11.6 Å². The van der Waals surface area contributed by atoms with Gasteiger partial charge < -0.3 is 0 Å². The number of hydrogen-bond donors (Lipinski definition) is 1. The van der Waals surface area contributed by atoms with Crippen molar-refractivity contribution in [2.24, 2.45) is 0 Å². The Hall–Kier alpha value is -3.55. The van der Waals surface area contributed by atoms with E-state index in [2.05, 4.69) is 71.7 Å². The third-order valence-corrected chi connectivity index (χ3v) is 6.36. The van der Waals surface area contributed by atoms with Crippen LogP contribution in [0.25, 0.3) is 22.5 Å². The van der Waals surface area contributed by atoms with E-state index in [9.17, 15) is 4.79 Å². The lowest BCUT2D eigenvalue weighted by atomic mass is 9.98. The van der Waals surface area contributed by atoms with Crippen LogP contribution in [0.15, 0.2) is 53.3 Å². The largest absolute Gasteiger partial charge is 0.346 e. The van der Waals surface area contributed by atoms with Gasteiger partial charge in [0.15, 0.2) is 5.82 Å². The number of benzene rings is 2. The fourth-order valence-corrected chi connectivity index (χ4v) is 4.17. The minimum absolute atomic E-state index is 0.0148. The van der Waals surface area contributed by atoms with Crippen LogP contribution in [-0.4, -0.2) is 35.0 Å². The van der Waals surface area contributed by atoms with E-state index in [4.69, 9.17) is 5.10 Å². The Bertz CT molecular complexity index is 1240. The summed E-state index contributed by atoms with van der Waals surface area (Å²) in [6.45, 7) is 7.66. The van der Waals surface area contributed by atoms with Gasteiger partial charge >= 0.3 is 5.69 Å². The molecule has 2 heterocycles. The normalized spacial score (nSPS) is 12.2. The highest BCUT2D eigenvalue weighted by atomic mass is 16.2. The second kappa shape index (κ2) is 11.0. The summed E-state index contributed by atoms with van der Waals surface area (Å²) >= 11 is 0. The Balaban J connectivity index is 1.58. The highest BCUT2D eigenvalue weighted by Crippen LogP contribution is 2.30. The molecule has 178 valence electrons. The summed E-state index contributed by atoms with van der Waals surface area (Å²) in [6.07, 6.45) is 5.42. The standard InChI is InChI=1S/C26H33N7O/c1-4-6-7-10-17-33-26(34)32(25(29-33)19(3)5-2)18-20-13-15-21(16-14-20)22-11-8-9-12-23(22)24-27-30-31-28-24/h8-9,11-16,19H,4-7,10,17-18H2,1-3H3,(H,27,28,30,31). The molecule has 0 saturated carbocycles. The fourth-order valence-electron chi connectivity index (χ4n) is 4.17. The lowest BCUT2D eigenvalue weighted by molar-refractivity contribution is 0.519. The van der Waals surface area contributed by atoms with Crippen LogP contribution >= 0.6 is 0 Å². The first kappa shape index (κ1) is 23.6. The van der Waals surface area contributed by atoms with Gasteiger partial charge in [0.2, 0.25) is 0 Å². The summed E-state index contributed by atoms with van der Waals surface area (Å²) in [5.41, 5.74) is 4.11. The molecule has 8 nitrogen and oxygen atoms in total. The molecule has 8 heteroatoms. The molecule has 0 saturated heterocycles. The van der Waals surface area contributed by atoms with E-state index >= 15 is 0 Å². The Morgan fingerprint density at radius 3 is 2.41 bits per heavy atom. The van der Waals surface area contributed by atoms with Crippen molar-refractivity contribution in [3.8, 4) is 22.5 Å². The summed E-state index contributed by atoms with van der Waals surface area (Å²) in [7, 11) is 0. The maximum Gasteiger partial charge on any atom is 0.346 e. The van der Waals surface area contributed by atoms with Gasteiger partial charge in [0, 0.05) is 18.0 Å². The number of H-pyrrole nitrogens is 1. The Labute approximate surface area is 200 Å². The van der Waals surface area contributed by atoms with Gasteiger partial charge in [0.05, 0.1) is 6.54 Å². The smallest absolute Gasteiger partial charge is 0.274 e. The summed E-state index contributed by atoms with van der Waals surface area (Å²) < 4.78 is 3.50. The third-order valence-electron chi connectivity index (χ3n) is 6.36. The molecule has 0 aliphatic carbocycles. The van der Waals surface area contributed by atoms with Gasteiger partial charge in [-0.1, -0.05) is 88.6 Å². The van der Waals surface area contributed by atoms with E-state index in [0.717, 1.165) is 47.3 Å². The summed E-state index contributed by atoms with van der Waals surface area (Å²) in [6, 6.07) is 16.4. The second-order valence-electron chi connectivity index (χ2n) is 8.81. The number of aromatic nitrogens is 7. The lowest BCUT2D eigenvalue weighted by Crippen LogP contribution is -2.26. The summed E-state index contributed by atoms with van der Waals surface area (Å²) in [5, 5.41) is 19.0. The van der Waals surface area contributed by atoms with Crippen LogP contribution in [0.2, 0.25) is 0 Å². The zero-order chi connectivity index (χ0) is 23.9. The first-order valence-electron chi connectivity index (χ1n) is 12.2. The van der Waals surface area contributed by atoms with Crippen LogP contribution in [0.5, 0.6) is 0 Å². The average Bonchev–Trinajstić information content (AvgIpc) is 3.51. The van der Waals surface area contributed by atoms with Crippen molar-refractivity contribution in [1.29, 1.82) is 0 Å². The Morgan fingerprint density at radius 2 is 1.74 bits per heavy atom. The molecule has 0 aliphatic rings. The maximum absolute atomic E-state index is 13.2. The molecule has 0 radical (unpaired) electrons. The van der Waals surface area contributed by atoms with E-state index in [1.54, 1.807) is 4.68 Å². The van der Waals surface area contributed by atoms with Crippen molar-refractivity contribution in [3.05, 3.63) is 70.4 Å². The van der Waals surface area contributed by atoms with Crippen LogP contribution < -0.4 is 5.69 Å². The molecular formula is C26H33N7O. The van der Waals surface area contributed by atoms with Gasteiger partial charge in [-0.15, -0.1) is 5.10 Å². The lowest BCUT2D eigenvalue weighted by Gasteiger charge is -2.11. The van der Waals surface area contributed by atoms with Crippen molar-refractivity contribution < 1.29 is 0 Å². The van der Waals surface area contributed by atoms with Gasteiger partial charge in [-0.2, -0.15) is 5.10 Å². The Kier molecular flexibility index (Phi) is 7.67.